The van der Waals surface area contributed by atoms with E-state index in [1.165, 1.54) is 22.5 Å². The fraction of sp³-hybridized carbons (Fsp3) is 0.417. The Morgan fingerprint density at radius 3 is 2.36 bits per heavy atom. The Labute approximate surface area is 194 Å². The van der Waals surface area contributed by atoms with E-state index >= 15 is 0 Å². The molecule has 1 aliphatic rings. The van der Waals surface area contributed by atoms with Crippen LogP contribution in [0.15, 0.2) is 59.5 Å². The summed E-state index contributed by atoms with van der Waals surface area (Å²) in [4.78, 5) is 24.1. The van der Waals surface area contributed by atoms with Crippen LogP contribution in [0.25, 0.3) is 0 Å². The van der Waals surface area contributed by atoms with Crippen LogP contribution in [0, 0.1) is 11.7 Å². The molecular weight excluding hydrogens is 447 g/mol. The van der Waals surface area contributed by atoms with E-state index < -0.39 is 27.7 Å². The molecule has 2 aromatic rings. The van der Waals surface area contributed by atoms with Gasteiger partial charge in [-0.15, -0.1) is 0 Å². The highest BCUT2D eigenvalue weighted by molar-refractivity contribution is 7.89. The summed E-state index contributed by atoms with van der Waals surface area (Å²) in [5, 5.41) is 2.80. The van der Waals surface area contributed by atoms with Crippen LogP contribution in [-0.4, -0.2) is 50.8 Å². The number of carbonyl (C=O) groups is 2. The minimum Gasteiger partial charge on any atom is -0.455 e. The quantitative estimate of drug-likeness (QED) is 0.562. The van der Waals surface area contributed by atoms with Crippen LogP contribution in [-0.2, 0) is 24.3 Å². The molecule has 0 bridgehead atoms. The molecule has 1 N–H and O–H groups in total. The van der Waals surface area contributed by atoms with Gasteiger partial charge in [-0.1, -0.05) is 49.4 Å². The third-order valence-electron chi connectivity index (χ3n) is 5.90. The second-order valence-electron chi connectivity index (χ2n) is 8.04. The second-order valence-corrected chi connectivity index (χ2v) is 9.94. The Bertz CT molecular complexity index is 1050. The first-order valence-corrected chi connectivity index (χ1v) is 12.5. The molecule has 2 aromatic carbocycles. The average Bonchev–Trinajstić information content (AvgIpc) is 2.84. The van der Waals surface area contributed by atoms with Crippen LogP contribution >= 0.6 is 0 Å². The van der Waals surface area contributed by atoms with Crippen molar-refractivity contribution in [3.05, 3.63) is 66.0 Å². The monoisotopic (exact) mass is 476 g/mol. The van der Waals surface area contributed by atoms with Crippen molar-refractivity contribution in [2.24, 2.45) is 5.92 Å². The fourth-order valence-corrected chi connectivity index (χ4v) is 5.43. The van der Waals surface area contributed by atoms with E-state index in [9.17, 15) is 22.4 Å². The van der Waals surface area contributed by atoms with Gasteiger partial charge >= 0.3 is 5.97 Å². The summed E-state index contributed by atoms with van der Waals surface area (Å²) in [5.41, 5.74) is 1.13. The van der Waals surface area contributed by atoms with Gasteiger partial charge < -0.3 is 10.1 Å². The molecule has 7 nitrogen and oxygen atoms in total. The zero-order valence-electron chi connectivity index (χ0n) is 18.6. The Hall–Kier alpha value is -2.78. The third-order valence-corrected chi connectivity index (χ3v) is 7.83. The average molecular weight is 477 g/mol. The number of halogens is 1. The van der Waals surface area contributed by atoms with E-state index in [0.29, 0.717) is 6.54 Å². The highest BCUT2D eigenvalue weighted by atomic mass is 32.2. The van der Waals surface area contributed by atoms with Gasteiger partial charge in [0.2, 0.25) is 10.0 Å². The van der Waals surface area contributed by atoms with Crippen molar-refractivity contribution in [1.82, 2.24) is 9.62 Å². The molecule has 1 aliphatic heterocycles. The van der Waals surface area contributed by atoms with Crippen molar-refractivity contribution in [2.75, 3.05) is 26.2 Å². The molecule has 1 fully saturated rings. The summed E-state index contributed by atoms with van der Waals surface area (Å²) >= 11 is 0. The van der Waals surface area contributed by atoms with Crippen molar-refractivity contribution >= 4 is 21.9 Å². The molecule has 0 saturated carbocycles. The predicted molar refractivity (Wildman–Crippen MR) is 121 cm³/mol. The number of amides is 1. The van der Waals surface area contributed by atoms with E-state index in [-0.39, 0.29) is 49.3 Å². The van der Waals surface area contributed by atoms with E-state index in [2.05, 4.69) is 5.32 Å². The molecule has 1 amide bonds. The first-order chi connectivity index (χ1) is 15.8. The number of benzene rings is 2. The molecule has 0 aliphatic carbocycles. The van der Waals surface area contributed by atoms with Crippen LogP contribution in [0.2, 0.25) is 0 Å². The molecule has 1 saturated heterocycles. The Kier molecular flexibility index (Phi) is 8.57. The third kappa shape index (κ3) is 6.39. The van der Waals surface area contributed by atoms with E-state index in [1.807, 2.05) is 37.3 Å². The number of nitrogens with one attached hydrogen (secondary N) is 1. The summed E-state index contributed by atoms with van der Waals surface area (Å²) in [7, 11) is -3.97. The predicted octanol–water partition coefficient (Wildman–Crippen LogP) is 3.08. The Morgan fingerprint density at radius 2 is 1.73 bits per heavy atom. The Morgan fingerprint density at radius 1 is 1.09 bits per heavy atom. The summed E-state index contributed by atoms with van der Waals surface area (Å²) in [6, 6.07) is 15.1. The highest BCUT2D eigenvalue weighted by Crippen LogP contribution is 2.26. The SMILES string of the molecule is CC[C@@H](CNC(=O)COC(=O)C1CCN(S(=O)(=O)c2ccccc2F)CC1)c1ccccc1. The van der Waals surface area contributed by atoms with Gasteiger partial charge in [0.05, 0.1) is 5.92 Å². The molecule has 178 valence electrons. The lowest BCUT2D eigenvalue weighted by Gasteiger charge is -2.30. The van der Waals surface area contributed by atoms with Gasteiger partial charge in [-0.2, -0.15) is 4.31 Å². The largest absolute Gasteiger partial charge is 0.455 e. The lowest BCUT2D eigenvalue weighted by atomic mass is 9.96. The molecule has 33 heavy (non-hydrogen) atoms. The van der Waals surface area contributed by atoms with Gasteiger partial charge in [-0.25, -0.2) is 12.8 Å². The van der Waals surface area contributed by atoms with E-state index in [0.717, 1.165) is 18.1 Å². The highest BCUT2D eigenvalue weighted by Gasteiger charge is 2.34. The molecule has 0 radical (unpaired) electrons. The van der Waals surface area contributed by atoms with Crippen LogP contribution in [0.5, 0.6) is 0 Å². The minimum atomic E-state index is -3.97. The maximum Gasteiger partial charge on any atom is 0.309 e. The van der Waals surface area contributed by atoms with E-state index in [1.54, 1.807) is 0 Å². The number of esters is 1. The van der Waals surface area contributed by atoms with Gasteiger partial charge in [0, 0.05) is 25.6 Å². The number of piperidine rings is 1. The van der Waals surface area contributed by atoms with Crippen LogP contribution in [0.1, 0.15) is 37.7 Å². The van der Waals surface area contributed by atoms with Gasteiger partial charge in [0.1, 0.15) is 10.7 Å². The van der Waals surface area contributed by atoms with Crippen molar-refractivity contribution < 1.29 is 27.1 Å². The van der Waals surface area contributed by atoms with Crippen molar-refractivity contribution in [3.63, 3.8) is 0 Å². The smallest absolute Gasteiger partial charge is 0.309 e. The topological polar surface area (TPSA) is 92.8 Å². The molecule has 9 heteroatoms. The lowest BCUT2D eigenvalue weighted by molar-refractivity contribution is -0.153. The number of sulfonamides is 1. The summed E-state index contributed by atoms with van der Waals surface area (Å²) in [6.07, 6.45) is 1.36. The normalized spacial score (nSPS) is 16.2. The number of hydrogen-bond donors (Lipinski definition) is 1. The summed E-state index contributed by atoms with van der Waals surface area (Å²) < 4.78 is 45.6. The first-order valence-electron chi connectivity index (χ1n) is 11.1. The van der Waals surface area contributed by atoms with Crippen LogP contribution in [0.4, 0.5) is 4.39 Å². The molecule has 1 atom stereocenters. The zero-order valence-corrected chi connectivity index (χ0v) is 19.4. The first kappa shape index (κ1) is 24.9. The molecule has 0 aromatic heterocycles. The molecule has 3 rings (SSSR count). The lowest BCUT2D eigenvalue weighted by Crippen LogP contribution is -2.41. The van der Waals surface area contributed by atoms with Crippen molar-refractivity contribution in [2.45, 2.75) is 37.0 Å². The fourth-order valence-electron chi connectivity index (χ4n) is 3.89. The van der Waals surface area contributed by atoms with Gasteiger partial charge in [0.25, 0.3) is 5.91 Å². The summed E-state index contributed by atoms with van der Waals surface area (Å²) in [6.45, 7) is 2.28. The van der Waals surface area contributed by atoms with Crippen LogP contribution < -0.4 is 5.32 Å². The second kappa shape index (κ2) is 11.4. The molecule has 1 heterocycles. The molecule has 0 unspecified atom stereocenters. The minimum absolute atomic E-state index is 0.0812. The number of rotatable bonds is 9. The zero-order chi connectivity index (χ0) is 23.8. The van der Waals surface area contributed by atoms with Gasteiger partial charge in [-0.3, -0.25) is 9.59 Å². The van der Waals surface area contributed by atoms with Crippen molar-refractivity contribution in [3.8, 4) is 0 Å². The Balaban J connectivity index is 1.44. The molecule has 0 spiro atoms. The molecular formula is C24H29FN2O5S. The van der Waals surface area contributed by atoms with Gasteiger partial charge in [0.15, 0.2) is 6.61 Å². The maximum absolute atomic E-state index is 13.9. The number of hydrogen-bond acceptors (Lipinski definition) is 5. The number of carbonyl (C=O) groups excluding carboxylic acids is 2. The number of ether oxygens (including phenoxy) is 1. The van der Waals surface area contributed by atoms with Crippen LogP contribution in [0.3, 0.4) is 0 Å². The maximum atomic E-state index is 13.9. The number of nitrogens with zero attached hydrogens (tertiary/aromatic N) is 1. The standard InChI is InChI=1S/C24H29FN2O5S/c1-2-18(19-8-4-3-5-9-19)16-26-23(28)17-32-24(29)20-12-14-27(15-13-20)33(30,31)22-11-7-6-10-21(22)25/h3-11,18,20H,2,12-17H2,1H3,(H,26,28)/t18-/m0/s1. The van der Waals surface area contributed by atoms with Gasteiger partial charge in [-0.05, 0) is 37.0 Å². The van der Waals surface area contributed by atoms with E-state index in [4.69, 9.17) is 4.74 Å². The summed E-state index contributed by atoms with van der Waals surface area (Å²) in [5.74, 6) is -2.03. The van der Waals surface area contributed by atoms with Crippen molar-refractivity contribution in [1.29, 1.82) is 0 Å².